The summed E-state index contributed by atoms with van der Waals surface area (Å²) in [5.41, 5.74) is 7.26. The fraction of sp³-hybridized carbons (Fsp3) is 0.670. The van der Waals surface area contributed by atoms with E-state index in [4.69, 9.17) is 0 Å². The van der Waals surface area contributed by atoms with Crippen molar-refractivity contribution in [1.82, 2.24) is 29.4 Å². The average molecular weight is 1730 g/mol. The van der Waals surface area contributed by atoms with Gasteiger partial charge in [0.2, 0.25) is 70.9 Å². The molecule has 6 saturated heterocycles. The highest BCUT2D eigenvalue weighted by atomic mass is 16.2. The van der Waals surface area contributed by atoms with Gasteiger partial charge in [-0.25, -0.2) is 0 Å². The lowest BCUT2D eigenvalue weighted by atomic mass is 9.82. The van der Waals surface area contributed by atoms with Crippen molar-refractivity contribution < 1.29 is 57.5 Å². The van der Waals surface area contributed by atoms with Crippen LogP contribution in [0.5, 0.6) is 0 Å². The number of benzene rings is 2. The Hall–Kier alpha value is -8.28. The van der Waals surface area contributed by atoms with E-state index in [9.17, 15) is 57.5 Å². The Balaban J connectivity index is 0.000000119. The van der Waals surface area contributed by atoms with Crippen molar-refractivity contribution in [1.29, 1.82) is 0 Å². The molecular weight excluding hydrogens is 1590 g/mol. The molecule has 12 amide bonds. The quantitative estimate of drug-likeness (QED) is 0.0344. The van der Waals surface area contributed by atoms with Gasteiger partial charge in [0.25, 0.3) is 0 Å². The molecule has 127 heavy (non-hydrogen) atoms. The average Bonchev–Trinajstić information content (AvgIpc) is 1.57. The van der Waals surface area contributed by atoms with E-state index in [2.05, 4.69) is 89.3 Å². The van der Waals surface area contributed by atoms with Crippen molar-refractivity contribution in [3.05, 3.63) is 142 Å². The molecule has 2 aromatic carbocycles. The molecule has 20 rings (SSSR count). The second-order valence-electron chi connectivity index (χ2n) is 42.4. The third-order valence-corrected chi connectivity index (χ3v) is 34.4. The van der Waals surface area contributed by atoms with Crippen LogP contribution in [-0.4, -0.2) is 113 Å². The smallest absolute Gasteiger partial charge is 0.234 e. The predicted molar refractivity (Wildman–Crippen MR) is 488 cm³/mol. The Kier molecular flexibility index (Phi) is 28.7. The van der Waals surface area contributed by atoms with Gasteiger partial charge in [-0.05, 0) is 165 Å². The topological polar surface area (TPSA) is 224 Å². The number of fused-ring (bicyclic) bond motifs is 30. The number of amides is 12. The van der Waals surface area contributed by atoms with Crippen LogP contribution in [0.3, 0.4) is 0 Å². The predicted octanol–water partition coefficient (Wildman–Crippen LogP) is 19.9. The number of carbonyl (C=O) groups excluding carboxylic acids is 12. The molecule has 18 nitrogen and oxygen atoms in total. The highest BCUT2D eigenvalue weighted by Gasteiger charge is 2.66. The van der Waals surface area contributed by atoms with Crippen molar-refractivity contribution in [3.8, 4) is 0 Å². The number of allylic oxidation sites excluding steroid dienone is 12. The first-order chi connectivity index (χ1) is 61.7. The highest BCUT2D eigenvalue weighted by molar-refractivity contribution is 6.10. The van der Waals surface area contributed by atoms with Crippen LogP contribution in [0, 0.1) is 142 Å². The number of likely N-dealkylation sites (tertiary alicyclic amines) is 6. The van der Waals surface area contributed by atoms with Gasteiger partial charge in [0.1, 0.15) is 0 Å². The van der Waals surface area contributed by atoms with Crippen molar-refractivity contribution in [3.63, 3.8) is 0 Å². The molecule has 0 radical (unpaired) electrons. The van der Waals surface area contributed by atoms with Crippen LogP contribution >= 0.6 is 0 Å². The number of nitrogens with zero attached hydrogens (tertiary/aromatic N) is 6. The lowest BCUT2D eigenvalue weighted by molar-refractivity contribution is -0.143. The number of rotatable bonds is 42. The first-order valence-electron chi connectivity index (χ1n) is 51.1. The zero-order valence-corrected chi connectivity index (χ0v) is 76.9. The van der Waals surface area contributed by atoms with Crippen molar-refractivity contribution >= 4 is 70.9 Å². The Labute approximate surface area is 755 Å². The lowest BCUT2D eigenvalue weighted by Crippen LogP contribution is -2.33. The maximum Gasteiger partial charge on any atom is 0.234 e. The molecule has 18 aliphatic rings. The van der Waals surface area contributed by atoms with Gasteiger partial charge in [0.15, 0.2) is 0 Å². The maximum absolute atomic E-state index is 13.2. The highest BCUT2D eigenvalue weighted by Crippen LogP contribution is 2.60. The number of hydrogen-bond donors (Lipinski definition) is 0. The van der Waals surface area contributed by atoms with Crippen LogP contribution in [0.2, 0.25) is 0 Å². The van der Waals surface area contributed by atoms with Gasteiger partial charge in [-0.15, -0.1) is 0 Å². The monoisotopic (exact) mass is 1730 g/mol. The van der Waals surface area contributed by atoms with Gasteiger partial charge in [-0.1, -0.05) is 326 Å². The molecule has 12 aliphatic carbocycles. The van der Waals surface area contributed by atoms with E-state index in [0.717, 1.165) is 86.5 Å². The Morgan fingerprint density at radius 1 is 0.220 bits per heavy atom. The minimum atomic E-state index is -0.198. The van der Waals surface area contributed by atoms with E-state index in [1.807, 2.05) is 48.5 Å². The van der Waals surface area contributed by atoms with E-state index >= 15 is 0 Å². The third kappa shape index (κ3) is 18.1. The molecule has 18 heteroatoms. The summed E-state index contributed by atoms with van der Waals surface area (Å²) in [6.07, 6.45) is 68.2. The molecule has 0 spiro atoms. The molecule has 12 fully saturated rings. The summed E-state index contributed by atoms with van der Waals surface area (Å²) in [6.45, 7) is 13.1. The minimum absolute atomic E-state index is 0.0199. The SMILES string of the molecule is CC1=CC2CC1C1C(=O)N(Cc3cccc(CN4C(=O)C5C6C=C(C)C(C6)C5C4=O)c3)C(=O)C21.CCCCCCCCCCCCCCCCCCN1C(=O)C2C3C=C(C)C(C3)C2C1=O.CCCCCCCCCCCCCCCCCCN1C(=O)C2C3C=CC(C3)C2C1=O.O=C1C2C3C=CC(C3)C2C(=O)N1Cc1cccc(CN2C(=O)C3C4C=CC(C4)C3C2=O)c1. The van der Waals surface area contributed by atoms with Crippen LogP contribution in [0.1, 0.15) is 301 Å². The molecule has 682 valence electrons. The molecule has 24 atom stereocenters. The fourth-order valence-electron chi connectivity index (χ4n) is 28.0. The van der Waals surface area contributed by atoms with E-state index in [1.165, 1.54) is 216 Å². The summed E-state index contributed by atoms with van der Waals surface area (Å²) >= 11 is 0. The third-order valence-electron chi connectivity index (χ3n) is 34.4. The van der Waals surface area contributed by atoms with Crippen LogP contribution in [0.4, 0.5) is 0 Å². The minimum Gasteiger partial charge on any atom is -0.282 e. The van der Waals surface area contributed by atoms with Gasteiger partial charge in [0.05, 0.1) is 97.2 Å². The van der Waals surface area contributed by atoms with E-state index in [-0.39, 0.29) is 215 Å². The first-order valence-corrected chi connectivity index (χ1v) is 51.1. The molecule has 2 aromatic rings. The van der Waals surface area contributed by atoms with Gasteiger partial charge in [-0.2, -0.15) is 0 Å². The summed E-state index contributed by atoms with van der Waals surface area (Å²) in [7, 11) is 0. The van der Waals surface area contributed by atoms with E-state index in [1.54, 1.807) is 9.80 Å². The largest absolute Gasteiger partial charge is 0.282 e. The van der Waals surface area contributed by atoms with Gasteiger partial charge in [-0.3, -0.25) is 86.9 Å². The molecule has 24 unspecified atom stereocenters. The molecular formula is C109H144N6O12. The Morgan fingerprint density at radius 2 is 0.402 bits per heavy atom. The molecule has 6 saturated carbocycles. The molecule has 0 N–H and O–H groups in total. The molecule has 12 bridgehead atoms. The second kappa shape index (κ2) is 40.2. The first kappa shape index (κ1) is 90.6. The Bertz CT molecular complexity index is 4430. The standard InChI is InChI=1S/C28H28N2O4.C28H47NO2.C27H45NO2.C26H24N2O4/c1-13-6-17-9-19(13)23-21(17)25(31)29(27(23)33)11-15-4-3-5-16(8-15)12-30-26(32)22-18-7-14(2)20(10-18)24(22)28(30)34;1-3-4-5-6-7-8-9-10-11-12-13-14-15-16-17-18-19-29-27(30)25-23-20-22(2)24(21-23)26(25)28(29)31;1-2-3-4-5-6-7-8-9-10-11-12-13-14-15-16-17-20-28-26(29)24-22-18-19-23(21-22)25(24)27(28)30;29-23-19-15-4-5-16(9-15)20(19)24(30)27(23)11-13-2-1-3-14(8-13)12-28-25(31)21-17-6-7-18(10-17)22(21)26(28)32/h3-8,17-24H,9-12H2,1-2H3;20,23-26H,3-19,21H2,1-2H3;18-19,22-25H,2-17,20-21H2,1H3;1-8,15-22H,9-12H2. The number of imide groups is 6. The summed E-state index contributed by atoms with van der Waals surface area (Å²) < 4.78 is 0. The number of carbonyl (C=O) groups is 12. The Morgan fingerprint density at radius 3 is 0.622 bits per heavy atom. The summed E-state index contributed by atoms with van der Waals surface area (Å²) in [4.78, 5) is 164. The lowest BCUT2D eigenvalue weighted by Gasteiger charge is -2.20. The zero-order chi connectivity index (χ0) is 88.4. The van der Waals surface area contributed by atoms with Gasteiger partial charge < -0.3 is 0 Å². The molecule has 6 heterocycles. The summed E-state index contributed by atoms with van der Waals surface area (Å²) in [5.74, 6) is 1.47. The summed E-state index contributed by atoms with van der Waals surface area (Å²) in [5, 5.41) is 0. The number of unbranched alkanes of at least 4 members (excludes halogenated alkanes) is 30. The van der Waals surface area contributed by atoms with Crippen molar-refractivity contribution in [2.45, 2.75) is 305 Å². The van der Waals surface area contributed by atoms with Crippen LogP contribution in [0.25, 0.3) is 0 Å². The summed E-state index contributed by atoms with van der Waals surface area (Å²) in [6, 6.07) is 15.2. The van der Waals surface area contributed by atoms with Gasteiger partial charge >= 0.3 is 0 Å². The normalized spacial score (nSPS) is 33.6. The van der Waals surface area contributed by atoms with Crippen molar-refractivity contribution in [2.24, 2.45) is 142 Å². The second-order valence-corrected chi connectivity index (χ2v) is 42.4. The van der Waals surface area contributed by atoms with Crippen LogP contribution in [-0.2, 0) is 83.7 Å². The maximum atomic E-state index is 13.2. The zero-order valence-electron chi connectivity index (χ0n) is 76.9. The molecule has 6 aliphatic heterocycles. The van der Waals surface area contributed by atoms with Crippen LogP contribution < -0.4 is 0 Å². The fourth-order valence-corrected chi connectivity index (χ4v) is 28.0. The van der Waals surface area contributed by atoms with Crippen LogP contribution in [0.15, 0.2) is 120 Å². The molecule has 0 aromatic heterocycles. The number of hydrogen-bond acceptors (Lipinski definition) is 12. The van der Waals surface area contributed by atoms with Gasteiger partial charge in [0, 0.05) is 13.1 Å². The van der Waals surface area contributed by atoms with E-state index < -0.39 is 0 Å². The van der Waals surface area contributed by atoms with E-state index in [0.29, 0.717) is 36.8 Å². The van der Waals surface area contributed by atoms with Crippen molar-refractivity contribution in [2.75, 3.05) is 13.1 Å².